The summed E-state index contributed by atoms with van der Waals surface area (Å²) >= 11 is 0. The van der Waals surface area contributed by atoms with Gasteiger partial charge in [0.2, 0.25) is 0 Å². The molecule has 1 aromatic carbocycles. The number of benzene rings is 1. The van der Waals surface area contributed by atoms with Gasteiger partial charge in [-0.3, -0.25) is 15.0 Å². The highest BCUT2D eigenvalue weighted by atomic mass is 16.6. The Hall–Kier alpha value is -1.62. The van der Waals surface area contributed by atoms with Gasteiger partial charge in [-0.2, -0.15) is 0 Å². The van der Waals surface area contributed by atoms with Crippen molar-refractivity contribution in [3.05, 3.63) is 33.9 Å². The fourth-order valence-corrected chi connectivity index (χ4v) is 2.97. The van der Waals surface area contributed by atoms with Crippen molar-refractivity contribution < 1.29 is 4.92 Å². The minimum atomic E-state index is -0.435. The number of hydrogen-bond donors (Lipinski definition) is 1. The smallest absolute Gasteiger partial charge is 0.292 e. The van der Waals surface area contributed by atoms with E-state index in [9.17, 15) is 10.1 Å². The first-order valence-electron chi connectivity index (χ1n) is 7.35. The molecule has 2 rings (SSSR count). The van der Waals surface area contributed by atoms with E-state index in [1.807, 2.05) is 6.07 Å². The van der Waals surface area contributed by atoms with Gasteiger partial charge >= 0.3 is 0 Å². The molecule has 0 bridgehead atoms. The van der Waals surface area contributed by atoms with Gasteiger partial charge in [0.05, 0.1) is 4.92 Å². The summed E-state index contributed by atoms with van der Waals surface area (Å²) in [5, 5.41) is 10.7. The molecule has 20 heavy (non-hydrogen) atoms. The van der Waals surface area contributed by atoms with Crippen molar-refractivity contribution in [3.63, 3.8) is 0 Å². The maximum atomic E-state index is 10.7. The van der Waals surface area contributed by atoms with Crippen LogP contribution in [0.4, 0.5) is 11.4 Å². The van der Waals surface area contributed by atoms with Crippen LogP contribution in [0.5, 0.6) is 0 Å². The largest absolute Gasteiger partial charge is 0.393 e. The molecule has 1 saturated heterocycles. The molecule has 0 atom stereocenters. The minimum absolute atomic E-state index is 0.00426. The third-order valence-corrected chi connectivity index (χ3v) is 4.10. The summed E-state index contributed by atoms with van der Waals surface area (Å²) in [6.45, 7) is 5.30. The molecule has 0 aliphatic carbocycles. The average Bonchev–Trinajstić information content (AvgIpc) is 2.41. The van der Waals surface area contributed by atoms with Crippen LogP contribution >= 0.6 is 0 Å². The van der Waals surface area contributed by atoms with Gasteiger partial charge in [0, 0.05) is 12.6 Å². The lowest BCUT2D eigenvalue weighted by molar-refractivity contribution is -0.383. The number of nitrogen functional groups attached to an aromatic ring is 1. The normalized spacial score (nSPS) is 17.2. The predicted molar refractivity (Wildman–Crippen MR) is 80.4 cm³/mol. The predicted octanol–water partition coefficient (Wildman–Crippen LogP) is 3.19. The minimum Gasteiger partial charge on any atom is -0.393 e. The van der Waals surface area contributed by atoms with Gasteiger partial charge in [-0.15, -0.1) is 0 Å². The fourth-order valence-electron chi connectivity index (χ4n) is 2.97. The highest BCUT2D eigenvalue weighted by Gasteiger charge is 2.19. The Labute approximate surface area is 119 Å². The molecule has 1 aliphatic rings. The van der Waals surface area contributed by atoms with Crippen LogP contribution in [0.2, 0.25) is 0 Å². The monoisotopic (exact) mass is 277 g/mol. The van der Waals surface area contributed by atoms with Crippen LogP contribution in [0.25, 0.3) is 0 Å². The van der Waals surface area contributed by atoms with Crippen LogP contribution < -0.4 is 5.73 Å². The number of rotatable bonds is 5. The molecular formula is C15H23N3O2. The molecule has 0 amide bonds. The zero-order valence-corrected chi connectivity index (χ0v) is 12.0. The second kappa shape index (κ2) is 6.70. The molecule has 1 heterocycles. The number of nitrogens with zero attached hydrogens (tertiary/aromatic N) is 2. The van der Waals surface area contributed by atoms with Gasteiger partial charge in [-0.05, 0) is 43.5 Å². The summed E-state index contributed by atoms with van der Waals surface area (Å²) < 4.78 is 0. The highest BCUT2D eigenvalue weighted by Crippen LogP contribution is 2.25. The number of anilines is 1. The number of piperidine rings is 1. The molecular weight excluding hydrogens is 254 g/mol. The van der Waals surface area contributed by atoms with Gasteiger partial charge in [0.25, 0.3) is 5.69 Å². The van der Waals surface area contributed by atoms with Gasteiger partial charge in [-0.25, -0.2) is 0 Å². The van der Waals surface area contributed by atoms with Crippen LogP contribution in [0.1, 0.15) is 38.2 Å². The molecule has 5 heteroatoms. The molecule has 1 aromatic rings. The Morgan fingerprint density at radius 3 is 2.65 bits per heavy atom. The standard InChI is InChI=1S/C15H23N3O2/c1-2-3-12-6-8-17(9-7-12)11-13-4-5-15(18(19)20)14(16)10-13/h4-5,10,12H,2-3,6-9,11,16H2,1H3. The van der Waals surface area contributed by atoms with Crippen molar-refractivity contribution >= 4 is 11.4 Å². The Balaban J connectivity index is 1.91. The van der Waals surface area contributed by atoms with Crippen molar-refractivity contribution in [2.75, 3.05) is 18.8 Å². The molecule has 2 N–H and O–H groups in total. The molecule has 0 radical (unpaired) electrons. The molecule has 0 aromatic heterocycles. The van der Waals surface area contributed by atoms with Gasteiger partial charge in [0.1, 0.15) is 5.69 Å². The second-order valence-electron chi connectivity index (χ2n) is 5.66. The summed E-state index contributed by atoms with van der Waals surface area (Å²) in [5.41, 5.74) is 7.04. The topological polar surface area (TPSA) is 72.4 Å². The number of nitro benzene ring substituents is 1. The van der Waals surface area contributed by atoms with Crippen LogP contribution in [0, 0.1) is 16.0 Å². The third-order valence-electron chi connectivity index (χ3n) is 4.10. The summed E-state index contributed by atoms with van der Waals surface area (Å²) in [5.74, 6) is 0.873. The van der Waals surface area contributed by atoms with E-state index in [1.54, 1.807) is 6.07 Å². The van der Waals surface area contributed by atoms with E-state index in [1.165, 1.54) is 31.7 Å². The molecule has 1 fully saturated rings. The summed E-state index contributed by atoms with van der Waals surface area (Å²) in [6, 6.07) is 5.05. The van der Waals surface area contributed by atoms with E-state index in [4.69, 9.17) is 5.73 Å². The van der Waals surface area contributed by atoms with Crippen molar-refractivity contribution in [2.24, 2.45) is 5.92 Å². The van der Waals surface area contributed by atoms with E-state index in [2.05, 4.69) is 11.8 Å². The lowest BCUT2D eigenvalue weighted by Gasteiger charge is -2.31. The zero-order chi connectivity index (χ0) is 14.5. The van der Waals surface area contributed by atoms with Crippen molar-refractivity contribution in [1.29, 1.82) is 0 Å². The second-order valence-corrected chi connectivity index (χ2v) is 5.66. The van der Waals surface area contributed by atoms with E-state index in [0.717, 1.165) is 31.1 Å². The first-order chi connectivity index (χ1) is 9.60. The maximum Gasteiger partial charge on any atom is 0.292 e. The van der Waals surface area contributed by atoms with Crippen molar-refractivity contribution in [2.45, 2.75) is 39.2 Å². The summed E-state index contributed by atoms with van der Waals surface area (Å²) in [7, 11) is 0. The number of hydrogen-bond acceptors (Lipinski definition) is 4. The van der Waals surface area contributed by atoms with Crippen LogP contribution in [0.3, 0.4) is 0 Å². The van der Waals surface area contributed by atoms with E-state index < -0.39 is 4.92 Å². The van der Waals surface area contributed by atoms with Gasteiger partial charge in [-0.1, -0.05) is 25.8 Å². The first-order valence-corrected chi connectivity index (χ1v) is 7.35. The maximum absolute atomic E-state index is 10.7. The Morgan fingerprint density at radius 2 is 2.10 bits per heavy atom. The number of nitrogens with two attached hydrogens (primary N) is 1. The molecule has 1 aliphatic heterocycles. The summed E-state index contributed by atoms with van der Waals surface area (Å²) in [4.78, 5) is 12.7. The van der Waals surface area contributed by atoms with E-state index in [-0.39, 0.29) is 11.4 Å². The Kier molecular flexibility index (Phi) is 4.95. The third kappa shape index (κ3) is 3.70. The lowest BCUT2D eigenvalue weighted by Crippen LogP contribution is -2.33. The van der Waals surface area contributed by atoms with Crippen LogP contribution in [0.15, 0.2) is 18.2 Å². The molecule has 5 nitrogen and oxygen atoms in total. The average molecular weight is 277 g/mol. The van der Waals surface area contributed by atoms with Gasteiger partial charge < -0.3 is 5.73 Å². The van der Waals surface area contributed by atoms with E-state index in [0.29, 0.717) is 0 Å². The van der Waals surface area contributed by atoms with Crippen molar-refractivity contribution in [1.82, 2.24) is 4.90 Å². The molecule has 0 spiro atoms. The first kappa shape index (κ1) is 14.8. The molecule has 0 saturated carbocycles. The van der Waals surface area contributed by atoms with E-state index >= 15 is 0 Å². The van der Waals surface area contributed by atoms with Crippen LogP contribution in [-0.2, 0) is 6.54 Å². The SMILES string of the molecule is CCCC1CCN(Cc2ccc([N+](=O)[O-])c(N)c2)CC1. The molecule has 110 valence electrons. The van der Waals surface area contributed by atoms with Crippen molar-refractivity contribution in [3.8, 4) is 0 Å². The Bertz CT molecular complexity index is 468. The quantitative estimate of drug-likeness (QED) is 0.509. The lowest BCUT2D eigenvalue weighted by atomic mass is 9.92. The Morgan fingerprint density at radius 1 is 1.40 bits per heavy atom. The highest BCUT2D eigenvalue weighted by molar-refractivity contribution is 5.59. The molecule has 0 unspecified atom stereocenters. The zero-order valence-electron chi connectivity index (χ0n) is 12.0. The number of likely N-dealkylation sites (tertiary alicyclic amines) is 1. The summed E-state index contributed by atoms with van der Waals surface area (Å²) in [6.07, 6.45) is 5.12. The van der Waals surface area contributed by atoms with Crippen LogP contribution in [-0.4, -0.2) is 22.9 Å². The number of nitro groups is 1. The van der Waals surface area contributed by atoms with Gasteiger partial charge in [0.15, 0.2) is 0 Å². The fraction of sp³-hybridized carbons (Fsp3) is 0.600.